The second kappa shape index (κ2) is 9.60. The largest absolute Gasteiger partial charge is 0.494 e. The van der Waals surface area contributed by atoms with Crippen molar-refractivity contribution in [2.45, 2.75) is 12.8 Å². The van der Waals surface area contributed by atoms with Gasteiger partial charge in [-0.15, -0.1) is 0 Å². The van der Waals surface area contributed by atoms with Crippen LogP contribution in [0.3, 0.4) is 0 Å². The van der Waals surface area contributed by atoms with Gasteiger partial charge >= 0.3 is 0 Å². The fourth-order valence-corrected chi connectivity index (χ4v) is 4.41. The highest BCUT2D eigenvalue weighted by atomic mass is 16.5. The molecule has 3 aromatic rings. The number of anilines is 3. The number of nitrogens with zero attached hydrogens (tertiary/aromatic N) is 5. The number of Topliss-reactive ketones (excluding diaryl/α,β-unsaturated/α-hetero) is 1. The second-order valence-corrected chi connectivity index (χ2v) is 8.64. The van der Waals surface area contributed by atoms with Crippen molar-refractivity contribution in [2.75, 3.05) is 50.6 Å². The fourth-order valence-electron chi connectivity index (χ4n) is 4.41. The van der Waals surface area contributed by atoms with E-state index in [-0.39, 0.29) is 23.2 Å². The summed E-state index contributed by atoms with van der Waals surface area (Å²) in [4.78, 5) is 25.7. The minimum atomic E-state index is 0.0340. The minimum absolute atomic E-state index is 0.0340. The van der Waals surface area contributed by atoms with E-state index in [4.69, 9.17) is 9.47 Å². The maximum absolute atomic E-state index is 12.4. The Labute approximate surface area is 203 Å². The van der Waals surface area contributed by atoms with E-state index in [1.54, 1.807) is 13.2 Å². The number of carbonyl (C=O) groups excluding carboxylic acids is 1. The lowest BCUT2D eigenvalue weighted by atomic mass is 10.1. The van der Waals surface area contributed by atoms with Crippen molar-refractivity contribution in [1.29, 1.82) is 5.26 Å². The molecule has 1 aromatic heterocycles. The number of aromatic nitrogens is 2. The first-order valence-electron chi connectivity index (χ1n) is 11.5. The van der Waals surface area contributed by atoms with Gasteiger partial charge in [-0.25, -0.2) is 4.98 Å². The molecule has 0 spiro atoms. The smallest absolute Gasteiger partial charge is 0.242 e. The van der Waals surface area contributed by atoms with E-state index in [1.807, 2.05) is 30.3 Å². The summed E-state index contributed by atoms with van der Waals surface area (Å²) in [6.45, 7) is 3.94. The van der Waals surface area contributed by atoms with Crippen LogP contribution in [-0.2, 0) is 6.42 Å². The molecule has 0 saturated carbocycles. The monoisotopic (exact) mass is 470 g/mol. The van der Waals surface area contributed by atoms with Gasteiger partial charge in [0.25, 0.3) is 0 Å². The number of aryl methyl sites for hydroxylation is 1. The number of methoxy groups -OCH3 is 1. The van der Waals surface area contributed by atoms with Crippen LogP contribution in [0.25, 0.3) is 0 Å². The van der Waals surface area contributed by atoms with Gasteiger partial charge in [-0.2, -0.15) is 10.2 Å². The molecule has 1 saturated heterocycles. The third kappa shape index (κ3) is 4.61. The van der Waals surface area contributed by atoms with Gasteiger partial charge in [-0.1, -0.05) is 12.1 Å². The summed E-state index contributed by atoms with van der Waals surface area (Å²) in [5.74, 6) is 1.44. The summed E-state index contributed by atoms with van der Waals surface area (Å²) in [6, 6.07) is 13.5. The quantitative estimate of drug-likeness (QED) is 0.576. The zero-order valence-corrected chi connectivity index (χ0v) is 19.7. The molecule has 178 valence electrons. The van der Waals surface area contributed by atoms with Crippen LogP contribution in [0.4, 0.5) is 17.3 Å². The van der Waals surface area contributed by atoms with Gasteiger partial charge in [0.15, 0.2) is 5.78 Å². The zero-order valence-electron chi connectivity index (χ0n) is 19.7. The lowest BCUT2D eigenvalue weighted by Gasteiger charge is -2.34. The van der Waals surface area contributed by atoms with E-state index in [0.717, 1.165) is 37.4 Å². The Hall–Kier alpha value is -4.16. The van der Waals surface area contributed by atoms with Crippen molar-refractivity contribution < 1.29 is 14.3 Å². The molecule has 0 radical (unpaired) electrons. The maximum atomic E-state index is 12.4. The molecule has 2 heterocycles. The molecule has 5 rings (SSSR count). The number of hydrogen-bond donors (Lipinski definition) is 1. The molecular formula is C26H26N6O3. The highest BCUT2D eigenvalue weighted by Crippen LogP contribution is 2.35. The minimum Gasteiger partial charge on any atom is -0.494 e. The number of carbonyl (C=O) groups is 1. The number of fused-ring (bicyclic) bond motifs is 1. The Kier molecular flexibility index (Phi) is 6.21. The number of hydrogen-bond acceptors (Lipinski definition) is 9. The summed E-state index contributed by atoms with van der Waals surface area (Å²) < 4.78 is 11.6. The number of benzene rings is 2. The van der Waals surface area contributed by atoms with E-state index < -0.39 is 0 Å². The van der Waals surface area contributed by atoms with Crippen molar-refractivity contribution in [3.05, 3.63) is 59.3 Å². The van der Waals surface area contributed by atoms with Crippen LogP contribution < -0.4 is 19.7 Å². The van der Waals surface area contributed by atoms with Crippen LogP contribution in [-0.4, -0.2) is 61.0 Å². The number of nitriles is 1. The first kappa shape index (κ1) is 22.6. The first-order chi connectivity index (χ1) is 17.1. The van der Waals surface area contributed by atoms with Crippen LogP contribution in [0, 0.1) is 11.3 Å². The van der Waals surface area contributed by atoms with Crippen molar-refractivity contribution in [3.8, 4) is 23.4 Å². The molecule has 1 aliphatic heterocycles. The standard InChI is InChI=1S/C26H26N6O3/c1-31-10-12-32(13-11-31)19-7-8-20(23(14-19)34-2)29-26-28-16-18(15-27)25(30-26)35-22-5-3-4-17-6-9-21(33)24(17)22/h3-5,7-8,14,16H,6,9-13H2,1-2H3,(H,28,29,30). The summed E-state index contributed by atoms with van der Waals surface area (Å²) in [5, 5.41) is 12.7. The van der Waals surface area contributed by atoms with Crippen molar-refractivity contribution >= 4 is 23.1 Å². The summed E-state index contributed by atoms with van der Waals surface area (Å²) >= 11 is 0. The first-order valence-corrected chi connectivity index (χ1v) is 11.5. The van der Waals surface area contributed by atoms with E-state index in [2.05, 4.69) is 38.2 Å². The van der Waals surface area contributed by atoms with Gasteiger partial charge in [0.1, 0.15) is 23.1 Å². The molecule has 9 nitrogen and oxygen atoms in total. The third-order valence-corrected chi connectivity index (χ3v) is 6.39. The predicted octanol–water partition coefficient (Wildman–Crippen LogP) is 3.77. The Bertz CT molecular complexity index is 1310. The number of rotatable bonds is 6. The average Bonchev–Trinajstić information content (AvgIpc) is 3.26. The van der Waals surface area contributed by atoms with Crippen molar-refractivity contribution in [3.63, 3.8) is 0 Å². The average molecular weight is 471 g/mol. The highest BCUT2D eigenvalue weighted by Gasteiger charge is 2.25. The molecule has 0 amide bonds. The number of likely N-dealkylation sites (N-methyl/N-ethyl adjacent to an activating group) is 1. The number of nitrogens with one attached hydrogen (secondary N) is 1. The van der Waals surface area contributed by atoms with E-state index >= 15 is 0 Å². The Morgan fingerprint density at radius 3 is 2.69 bits per heavy atom. The lowest BCUT2D eigenvalue weighted by molar-refractivity contribution is 0.0992. The Morgan fingerprint density at radius 1 is 1.09 bits per heavy atom. The van der Waals surface area contributed by atoms with Gasteiger partial charge in [-0.3, -0.25) is 4.79 Å². The van der Waals surface area contributed by atoms with Crippen LogP contribution in [0.15, 0.2) is 42.6 Å². The van der Waals surface area contributed by atoms with Gasteiger partial charge in [0.05, 0.1) is 24.6 Å². The topological polar surface area (TPSA) is 104 Å². The van der Waals surface area contributed by atoms with E-state index in [1.165, 1.54) is 6.20 Å². The Morgan fingerprint density at radius 2 is 1.91 bits per heavy atom. The SMILES string of the molecule is COc1cc(N2CCN(C)CC2)ccc1Nc1ncc(C#N)c(Oc2cccc3c2C(=O)CC3)n1. The van der Waals surface area contributed by atoms with Gasteiger partial charge in [0.2, 0.25) is 11.8 Å². The highest BCUT2D eigenvalue weighted by molar-refractivity contribution is 6.03. The summed E-state index contributed by atoms with van der Waals surface area (Å²) in [7, 11) is 3.75. The number of ketones is 1. The maximum Gasteiger partial charge on any atom is 0.242 e. The fraction of sp³-hybridized carbons (Fsp3) is 0.308. The van der Waals surface area contributed by atoms with E-state index in [9.17, 15) is 10.1 Å². The van der Waals surface area contributed by atoms with Crippen molar-refractivity contribution in [1.82, 2.24) is 14.9 Å². The Balaban J connectivity index is 1.40. The number of piperazine rings is 1. The lowest BCUT2D eigenvalue weighted by Crippen LogP contribution is -2.44. The molecule has 2 aromatic carbocycles. The molecule has 35 heavy (non-hydrogen) atoms. The molecule has 1 N–H and O–H groups in total. The molecule has 2 aliphatic rings. The van der Waals surface area contributed by atoms with E-state index in [0.29, 0.717) is 35.6 Å². The van der Waals surface area contributed by atoms with Crippen LogP contribution in [0.1, 0.15) is 27.9 Å². The van der Waals surface area contributed by atoms with Gasteiger partial charge in [0, 0.05) is 44.4 Å². The third-order valence-electron chi connectivity index (χ3n) is 6.39. The van der Waals surface area contributed by atoms with Gasteiger partial charge in [-0.05, 0) is 37.2 Å². The predicted molar refractivity (Wildman–Crippen MR) is 132 cm³/mol. The van der Waals surface area contributed by atoms with Gasteiger partial charge < -0.3 is 24.6 Å². The summed E-state index contributed by atoms with van der Waals surface area (Å²) in [5.41, 5.74) is 3.47. The molecule has 0 unspecified atom stereocenters. The number of ether oxygens (including phenoxy) is 2. The van der Waals surface area contributed by atoms with Crippen molar-refractivity contribution in [2.24, 2.45) is 0 Å². The zero-order chi connectivity index (χ0) is 24.4. The van der Waals surface area contributed by atoms with Crippen LogP contribution >= 0.6 is 0 Å². The summed E-state index contributed by atoms with van der Waals surface area (Å²) in [6.07, 6.45) is 2.55. The molecule has 0 atom stereocenters. The molecule has 0 bridgehead atoms. The normalized spacial score (nSPS) is 15.5. The van der Waals surface area contributed by atoms with Crippen LogP contribution in [0.2, 0.25) is 0 Å². The molecule has 1 fully saturated rings. The molecular weight excluding hydrogens is 444 g/mol. The second-order valence-electron chi connectivity index (χ2n) is 8.64. The molecule has 1 aliphatic carbocycles. The van der Waals surface area contributed by atoms with Crippen LogP contribution in [0.5, 0.6) is 17.4 Å². The molecule has 9 heteroatoms.